The molecule has 0 radical (unpaired) electrons. The van der Waals surface area contributed by atoms with Crippen molar-refractivity contribution in [2.75, 3.05) is 0 Å². The Balaban J connectivity index is 1.84. The summed E-state index contributed by atoms with van der Waals surface area (Å²) in [6.45, 7) is 0. The largest absolute Gasteiger partial charge is 0.421 e. The van der Waals surface area contributed by atoms with Crippen LogP contribution >= 0.6 is 23.2 Å². The molecule has 0 amide bonds. The lowest BCUT2D eigenvalue weighted by atomic mass is 10.0. The van der Waals surface area contributed by atoms with Crippen LogP contribution in [-0.2, 0) is 0 Å². The molecule has 124 valence electrons. The first kappa shape index (κ1) is 17.2. The van der Waals surface area contributed by atoms with Gasteiger partial charge < -0.3 is 4.74 Å². The topological polar surface area (TPSA) is 43.4 Å². The van der Waals surface area contributed by atoms with Crippen LogP contribution in [0.25, 0.3) is 11.1 Å². The fourth-order valence-corrected chi connectivity index (χ4v) is 2.90. The van der Waals surface area contributed by atoms with E-state index in [-0.39, 0.29) is 16.3 Å². The fourth-order valence-electron chi connectivity index (χ4n) is 2.36. The van der Waals surface area contributed by atoms with Crippen molar-refractivity contribution in [1.82, 2.24) is 0 Å². The quantitative estimate of drug-likeness (QED) is 0.336. The van der Waals surface area contributed by atoms with Gasteiger partial charge in [0.25, 0.3) is 0 Å². The number of aldehydes is 1. The summed E-state index contributed by atoms with van der Waals surface area (Å²) in [5.74, 6) is -0.606. The maximum absolute atomic E-state index is 12.3. The summed E-state index contributed by atoms with van der Waals surface area (Å²) in [7, 11) is 0. The molecule has 0 saturated heterocycles. The Bertz CT molecular complexity index is 920. The lowest BCUT2D eigenvalue weighted by molar-refractivity contribution is 0.0733. The molecule has 0 saturated carbocycles. The van der Waals surface area contributed by atoms with Crippen LogP contribution in [0.15, 0.2) is 66.7 Å². The van der Waals surface area contributed by atoms with Crippen molar-refractivity contribution in [2.45, 2.75) is 0 Å². The van der Waals surface area contributed by atoms with Gasteiger partial charge in [-0.25, -0.2) is 4.79 Å². The number of rotatable bonds is 4. The molecule has 0 unspecified atom stereocenters. The highest BCUT2D eigenvalue weighted by Gasteiger charge is 2.16. The molecule has 0 spiro atoms. The van der Waals surface area contributed by atoms with Crippen molar-refractivity contribution in [3.8, 4) is 16.9 Å². The molecular weight excluding hydrogens is 359 g/mol. The molecule has 3 aromatic carbocycles. The summed E-state index contributed by atoms with van der Waals surface area (Å²) in [6, 6.07) is 19.6. The van der Waals surface area contributed by atoms with E-state index in [1.807, 2.05) is 42.5 Å². The number of halogens is 2. The summed E-state index contributed by atoms with van der Waals surface area (Å²) >= 11 is 11.9. The maximum Gasteiger partial charge on any atom is 0.343 e. The minimum atomic E-state index is -0.605. The minimum absolute atomic E-state index is 0.00166. The smallest absolute Gasteiger partial charge is 0.343 e. The van der Waals surface area contributed by atoms with Crippen molar-refractivity contribution >= 4 is 35.5 Å². The van der Waals surface area contributed by atoms with E-state index in [4.69, 9.17) is 27.9 Å². The van der Waals surface area contributed by atoms with Gasteiger partial charge >= 0.3 is 5.97 Å². The van der Waals surface area contributed by atoms with Gasteiger partial charge in [-0.15, -0.1) is 0 Å². The monoisotopic (exact) mass is 370 g/mol. The van der Waals surface area contributed by atoms with Crippen LogP contribution in [-0.4, -0.2) is 12.3 Å². The first-order valence-electron chi connectivity index (χ1n) is 7.40. The summed E-state index contributed by atoms with van der Waals surface area (Å²) in [5.41, 5.74) is 2.50. The number of ether oxygens (including phenoxy) is 1. The average Bonchev–Trinajstić information content (AvgIpc) is 2.64. The predicted octanol–water partition coefficient (Wildman–Crippen LogP) is 5.69. The molecule has 0 heterocycles. The van der Waals surface area contributed by atoms with Gasteiger partial charge in [-0.2, -0.15) is 0 Å². The molecule has 0 fully saturated rings. The van der Waals surface area contributed by atoms with Crippen LogP contribution in [0.3, 0.4) is 0 Å². The van der Waals surface area contributed by atoms with Crippen LogP contribution in [0.5, 0.6) is 5.75 Å². The zero-order chi connectivity index (χ0) is 17.8. The summed E-state index contributed by atoms with van der Waals surface area (Å²) < 4.78 is 5.29. The van der Waals surface area contributed by atoms with Crippen molar-refractivity contribution in [3.63, 3.8) is 0 Å². The second-order valence-corrected chi connectivity index (χ2v) is 6.10. The Hall–Kier alpha value is -2.62. The number of carbonyl (C=O) groups excluding carboxylic acids is 2. The molecule has 0 N–H and O–H groups in total. The zero-order valence-corrected chi connectivity index (χ0v) is 14.4. The molecule has 25 heavy (non-hydrogen) atoms. The number of carbonyl (C=O) groups is 2. The van der Waals surface area contributed by atoms with Gasteiger partial charge in [-0.3, -0.25) is 4.79 Å². The zero-order valence-electron chi connectivity index (χ0n) is 12.9. The van der Waals surface area contributed by atoms with E-state index in [0.29, 0.717) is 16.9 Å². The molecule has 0 aliphatic heterocycles. The first-order valence-corrected chi connectivity index (χ1v) is 8.16. The fraction of sp³-hybridized carbons (Fsp3) is 0. The molecule has 0 aliphatic carbocycles. The molecule has 0 aromatic heterocycles. The summed E-state index contributed by atoms with van der Waals surface area (Å²) in [4.78, 5) is 23.5. The van der Waals surface area contributed by atoms with Gasteiger partial charge in [-0.1, -0.05) is 65.7 Å². The molecule has 3 aromatic rings. The third-order valence-corrected chi connectivity index (χ3v) is 4.09. The van der Waals surface area contributed by atoms with E-state index in [1.165, 1.54) is 12.1 Å². The van der Waals surface area contributed by atoms with Gasteiger partial charge in [0, 0.05) is 5.02 Å². The van der Waals surface area contributed by atoms with Crippen LogP contribution in [0.4, 0.5) is 0 Å². The summed E-state index contributed by atoms with van der Waals surface area (Å²) in [5, 5.41) is 0.392. The van der Waals surface area contributed by atoms with Gasteiger partial charge in [0.2, 0.25) is 0 Å². The molecule has 0 aliphatic rings. The van der Waals surface area contributed by atoms with Crippen molar-refractivity contribution in [2.24, 2.45) is 0 Å². The Morgan fingerprint density at radius 1 is 0.880 bits per heavy atom. The third kappa shape index (κ3) is 3.90. The Kier molecular flexibility index (Phi) is 5.17. The van der Waals surface area contributed by atoms with E-state index in [0.717, 1.165) is 11.1 Å². The van der Waals surface area contributed by atoms with Gasteiger partial charge in [-0.05, 0) is 35.4 Å². The number of hydrogen-bond acceptors (Lipinski definition) is 3. The minimum Gasteiger partial charge on any atom is -0.421 e. The van der Waals surface area contributed by atoms with Crippen molar-refractivity contribution < 1.29 is 14.3 Å². The molecule has 5 heteroatoms. The molecule has 0 atom stereocenters. The third-order valence-electron chi connectivity index (χ3n) is 3.59. The van der Waals surface area contributed by atoms with Gasteiger partial charge in [0.1, 0.15) is 0 Å². The molecule has 3 nitrogen and oxygen atoms in total. The van der Waals surface area contributed by atoms with E-state index in [9.17, 15) is 9.59 Å². The number of esters is 1. The van der Waals surface area contributed by atoms with Gasteiger partial charge in [0.05, 0.1) is 16.1 Å². The average molecular weight is 371 g/mol. The van der Waals surface area contributed by atoms with Gasteiger partial charge in [0.15, 0.2) is 12.0 Å². The normalized spacial score (nSPS) is 10.3. The maximum atomic E-state index is 12.3. The van der Waals surface area contributed by atoms with Crippen molar-refractivity contribution in [1.29, 1.82) is 0 Å². The van der Waals surface area contributed by atoms with E-state index in [1.54, 1.807) is 12.1 Å². The second-order valence-electron chi connectivity index (χ2n) is 5.26. The van der Waals surface area contributed by atoms with Crippen LogP contribution in [0.2, 0.25) is 10.0 Å². The van der Waals surface area contributed by atoms with E-state index >= 15 is 0 Å². The number of benzene rings is 3. The Labute approximate surface area is 154 Å². The summed E-state index contributed by atoms with van der Waals surface area (Å²) in [6.07, 6.45) is 0.541. The Morgan fingerprint density at radius 3 is 2.16 bits per heavy atom. The van der Waals surface area contributed by atoms with Crippen LogP contribution in [0.1, 0.15) is 20.7 Å². The highest BCUT2D eigenvalue weighted by Crippen LogP contribution is 2.32. The standard InChI is InChI=1S/C20H12Cl2O3/c21-17-10-16(12-23)19(18(22)11-17)25-20(24)15-8-6-14(7-9-15)13-4-2-1-3-5-13/h1-12H. The highest BCUT2D eigenvalue weighted by atomic mass is 35.5. The highest BCUT2D eigenvalue weighted by molar-refractivity contribution is 6.36. The predicted molar refractivity (Wildman–Crippen MR) is 98.7 cm³/mol. The first-order chi connectivity index (χ1) is 12.1. The lowest BCUT2D eigenvalue weighted by Crippen LogP contribution is -2.10. The Morgan fingerprint density at radius 2 is 1.52 bits per heavy atom. The molecule has 3 rings (SSSR count). The van der Waals surface area contributed by atoms with E-state index in [2.05, 4.69) is 0 Å². The van der Waals surface area contributed by atoms with Crippen molar-refractivity contribution in [3.05, 3.63) is 87.9 Å². The van der Waals surface area contributed by atoms with Crippen LogP contribution in [0, 0.1) is 0 Å². The number of hydrogen-bond donors (Lipinski definition) is 0. The molecular formula is C20H12Cl2O3. The second kappa shape index (κ2) is 7.51. The molecule has 0 bridgehead atoms. The lowest BCUT2D eigenvalue weighted by Gasteiger charge is -2.10. The van der Waals surface area contributed by atoms with Crippen LogP contribution < -0.4 is 4.74 Å². The SMILES string of the molecule is O=Cc1cc(Cl)cc(Cl)c1OC(=O)c1ccc(-c2ccccc2)cc1. The van der Waals surface area contributed by atoms with E-state index < -0.39 is 5.97 Å².